The molecule has 8 heteroatoms. The van der Waals surface area contributed by atoms with Crippen molar-refractivity contribution in [1.82, 2.24) is 10.2 Å². The molecule has 2 amide bonds. The van der Waals surface area contributed by atoms with Crippen LogP contribution in [0, 0.1) is 5.92 Å². The van der Waals surface area contributed by atoms with E-state index in [1.54, 1.807) is 4.90 Å². The molecule has 39 heavy (non-hydrogen) atoms. The van der Waals surface area contributed by atoms with E-state index in [2.05, 4.69) is 17.4 Å². The number of ketones is 1. The van der Waals surface area contributed by atoms with Gasteiger partial charge in [-0.15, -0.1) is 0 Å². The van der Waals surface area contributed by atoms with Crippen molar-refractivity contribution in [2.45, 2.75) is 78.3 Å². The summed E-state index contributed by atoms with van der Waals surface area (Å²) in [6, 6.07) is 12.8. The number of benzene rings is 2. The van der Waals surface area contributed by atoms with Gasteiger partial charge in [0.05, 0.1) is 25.2 Å². The number of carbonyl (C=O) groups is 3. The van der Waals surface area contributed by atoms with E-state index in [0.717, 1.165) is 31.2 Å². The Morgan fingerprint density at radius 1 is 1.03 bits per heavy atom. The third-order valence-corrected chi connectivity index (χ3v) is 7.35. The van der Waals surface area contributed by atoms with Gasteiger partial charge in [-0.3, -0.25) is 9.59 Å². The number of nitrogens with one attached hydrogen (secondary N) is 1. The molecule has 1 saturated carbocycles. The predicted octanol–water partition coefficient (Wildman–Crippen LogP) is 6.04. The number of rotatable bonds is 14. The minimum Gasteiger partial charge on any atom is -0.493 e. The molecule has 0 spiro atoms. The topological polar surface area (TPSA) is 105 Å². The number of amides is 2. The Labute approximate surface area is 231 Å². The normalized spacial score (nSPS) is 17.3. The van der Waals surface area contributed by atoms with E-state index in [-0.39, 0.29) is 17.9 Å². The fraction of sp³-hybridized carbons (Fsp3) is 0.516. The van der Waals surface area contributed by atoms with Crippen molar-refractivity contribution in [3.8, 4) is 11.5 Å². The van der Waals surface area contributed by atoms with Crippen LogP contribution in [0.1, 0.15) is 87.3 Å². The number of nitrogens with zero attached hydrogens (tertiary/aromatic N) is 1. The second-order valence-electron chi connectivity index (χ2n) is 10.1. The monoisotopic (exact) mass is 538 g/mol. The van der Waals surface area contributed by atoms with Crippen LogP contribution in [0.3, 0.4) is 0 Å². The highest BCUT2D eigenvalue weighted by atomic mass is 16.5. The van der Waals surface area contributed by atoms with Crippen LogP contribution in [0.2, 0.25) is 0 Å². The van der Waals surface area contributed by atoms with E-state index < -0.39 is 17.9 Å². The van der Waals surface area contributed by atoms with Gasteiger partial charge in [-0.05, 0) is 83.1 Å². The van der Waals surface area contributed by atoms with E-state index in [1.807, 2.05) is 51.1 Å². The zero-order chi connectivity index (χ0) is 28.4. The molecule has 0 aromatic heterocycles. The first-order chi connectivity index (χ1) is 18.8. The molecule has 2 aromatic carbocycles. The number of hydrogen-bond donors (Lipinski definition) is 2. The van der Waals surface area contributed by atoms with Crippen molar-refractivity contribution in [3.05, 3.63) is 59.2 Å². The second-order valence-corrected chi connectivity index (χ2v) is 10.1. The molecule has 1 fully saturated rings. The van der Waals surface area contributed by atoms with Gasteiger partial charge in [0.25, 0.3) is 0 Å². The minimum absolute atomic E-state index is 0.155. The third-order valence-electron chi connectivity index (χ3n) is 7.35. The quantitative estimate of drug-likeness (QED) is 0.225. The van der Waals surface area contributed by atoms with Gasteiger partial charge in [-0.1, -0.05) is 36.8 Å². The molecule has 0 heterocycles. The summed E-state index contributed by atoms with van der Waals surface area (Å²) in [5.74, 6) is -0.735. The fourth-order valence-corrected chi connectivity index (χ4v) is 5.31. The molecule has 8 nitrogen and oxygen atoms in total. The molecule has 0 bridgehead atoms. The Hall–Kier alpha value is -3.55. The molecule has 1 aliphatic rings. The highest BCUT2D eigenvalue weighted by molar-refractivity contribution is 5.99. The number of aryl methyl sites for hydroxylation is 1. The third kappa shape index (κ3) is 7.97. The van der Waals surface area contributed by atoms with Crippen LogP contribution in [-0.2, 0) is 11.2 Å². The van der Waals surface area contributed by atoms with E-state index >= 15 is 0 Å². The average molecular weight is 539 g/mol. The Bertz CT molecular complexity index is 1090. The van der Waals surface area contributed by atoms with Gasteiger partial charge in [0.1, 0.15) is 17.1 Å². The lowest BCUT2D eigenvalue weighted by Crippen LogP contribution is -2.48. The number of aliphatic carboxylic acids is 1. The Kier molecular flexibility index (Phi) is 11.2. The van der Waals surface area contributed by atoms with Crippen molar-refractivity contribution in [2.24, 2.45) is 5.92 Å². The van der Waals surface area contributed by atoms with Crippen LogP contribution >= 0.6 is 0 Å². The molecule has 2 aromatic rings. The summed E-state index contributed by atoms with van der Waals surface area (Å²) < 4.78 is 11.7. The molecule has 212 valence electrons. The maximum Gasteiger partial charge on any atom is 0.318 e. The van der Waals surface area contributed by atoms with Crippen LogP contribution < -0.4 is 14.8 Å². The van der Waals surface area contributed by atoms with Gasteiger partial charge in [0.15, 0.2) is 5.78 Å². The first-order valence-electron chi connectivity index (χ1n) is 14.0. The highest BCUT2D eigenvalue weighted by Crippen LogP contribution is 2.36. The number of ether oxygens (including phenoxy) is 2. The Morgan fingerprint density at radius 3 is 2.23 bits per heavy atom. The summed E-state index contributed by atoms with van der Waals surface area (Å²) in [4.78, 5) is 39.6. The lowest BCUT2D eigenvalue weighted by molar-refractivity contribution is -0.142. The number of carboxylic acid groups (broad SMARTS) is 1. The molecule has 3 atom stereocenters. The van der Waals surface area contributed by atoms with Crippen molar-refractivity contribution in [3.63, 3.8) is 0 Å². The Morgan fingerprint density at radius 2 is 1.67 bits per heavy atom. The maximum absolute atomic E-state index is 13.6. The predicted molar refractivity (Wildman–Crippen MR) is 151 cm³/mol. The van der Waals surface area contributed by atoms with Gasteiger partial charge < -0.3 is 24.8 Å². The zero-order valence-corrected chi connectivity index (χ0v) is 23.6. The molecule has 0 saturated heterocycles. The second kappa shape index (κ2) is 14.6. The van der Waals surface area contributed by atoms with Gasteiger partial charge >= 0.3 is 12.0 Å². The van der Waals surface area contributed by atoms with Gasteiger partial charge in [-0.25, -0.2) is 4.79 Å². The average Bonchev–Trinajstić information content (AvgIpc) is 3.37. The summed E-state index contributed by atoms with van der Waals surface area (Å²) >= 11 is 0. The number of unbranched alkanes of at least 4 members (excludes halogenated alkanes) is 1. The minimum atomic E-state index is -0.872. The van der Waals surface area contributed by atoms with Gasteiger partial charge in [0, 0.05) is 12.6 Å². The van der Waals surface area contributed by atoms with Crippen molar-refractivity contribution in [1.29, 1.82) is 0 Å². The first-order valence-corrected chi connectivity index (χ1v) is 14.0. The number of carboxylic acids is 1. The lowest BCUT2D eigenvalue weighted by atomic mass is 10.00. The summed E-state index contributed by atoms with van der Waals surface area (Å²) in [6.07, 6.45) is 4.58. The van der Waals surface area contributed by atoms with Crippen LogP contribution in [0.15, 0.2) is 42.5 Å². The number of urea groups is 1. The van der Waals surface area contributed by atoms with Crippen molar-refractivity contribution < 1.29 is 29.0 Å². The molecule has 1 aliphatic carbocycles. The van der Waals surface area contributed by atoms with Gasteiger partial charge in [-0.2, -0.15) is 0 Å². The SMILES string of the molecule is CCOc1cc([C@@H](C)N(CCCCc2ccccc2)C(=O)NC2CCCC2C(=O)O)cc(OCC)c1C(C)=O. The number of carbonyl (C=O) groups excluding carboxylic acids is 2. The van der Waals surface area contributed by atoms with Crippen LogP contribution in [0.4, 0.5) is 4.79 Å². The first kappa shape index (κ1) is 30.0. The van der Waals surface area contributed by atoms with E-state index in [0.29, 0.717) is 49.7 Å². The molecule has 2 N–H and O–H groups in total. The standard InChI is InChI=1S/C31H42N2O6/c1-5-38-27-19-24(20-28(39-6-2)29(27)22(4)34)21(3)33(18-11-10-15-23-13-8-7-9-14-23)31(37)32-26-17-12-16-25(26)30(35)36/h7-9,13-14,19-21,25-26H,5-6,10-12,15-18H2,1-4H3,(H,32,37)(H,35,36)/t21-,25?,26?/m1/s1. The van der Waals surface area contributed by atoms with E-state index in [1.165, 1.54) is 12.5 Å². The molecular weight excluding hydrogens is 496 g/mol. The summed E-state index contributed by atoms with van der Waals surface area (Å²) in [7, 11) is 0. The van der Waals surface area contributed by atoms with E-state index in [4.69, 9.17) is 9.47 Å². The zero-order valence-electron chi connectivity index (χ0n) is 23.6. The van der Waals surface area contributed by atoms with Crippen LogP contribution in [-0.4, -0.2) is 53.6 Å². The fourth-order valence-electron chi connectivity index (χ4n) is 5.31. The molecule has 0 radical (unpaired) electrons. The van der Waals surface area contributed by atoms with Crippen LogP contribution in [0.5, 0.6) is 11.5 Å². The number of Topliss-reactive ketones (excluding diaryl/α,β-unsaturated/α-hetero) is 1. The van der Waals surface area contributed by atoms with Crippen molar-refractivity contribution >= 4 is 17.8 Å². The molecule has 3 rings (SSSR count). The van der Waals surface area contributed by atoms with Crippen molar-refractivity contribution in [2.75, 3.05) is 19.8 Å². The molecule has 0 aliphatic heterocycles. The molecule has 2 unspecified atom stereocenters. The molecular formula is C31H42N2O6. The maximum atomic E-state index is 13.6. The Balaban J connectivity index is 1.87. The largest absolute Gasteiger partial charge is 0.493 e. The smallest absolute Gasteiger partial charge is 0.318 e. The highest BCUT2D eigenvalue weighted by Gasteiger charge is 2.35. The summed E-state index contributed by atoms with van der Waals surface area (Å²) in [5, 5.41) is 12.6. The number of hydrogen-bond acceptors (Lipinski definition) is 5. The van der Waals surface area contributed by atoms with Crippen LogP contribution in [0.25, 0.3) is 0 Å². The summed E-state index contributed by atoms with van der Waals surface area (Å²) in [5.41, 5.74) is 2.43. The van der Waals surface area contributed by atoms with E-state index in [9.17, 15) is 19.5 Å². The summed E-state index contributed by atoms with van der Waals surface area (Å²) in [6.45, 7) is 8.38. The van der Waals surface area contributed by atoms with Gasteiger partial charge in [0.2, 0.25) is 0 Å². The lowest BCUT2D eigenvalue weighted by Gasteiger charge is -2.32.